The van der Waals surface area contributed by atoms with Crippen molar-refractivity contribution in [2.24, 2.45) is 0 Å². The van der Waals surface area contributed by atoms with Crippen LogP contribution in [-0.4, -0.2) is 35.6 Å². The number of hydrogen-bond donors (Lipinski definition) is 1. The van der Waals surface area contributed by atoms with Crippen LogP contribution in [0, 0.1) is 0 Å². The Morgan fingerprint density at radius 2 is 2.32 bits per heavy atom. The summed E-state index contributed by atoms with van der Waals surface area (Å²) in [6, 6.07) is 4.12. The first kappa shape index (κ1) is 13.1. The molecule has 2 heterocycles. The highest BCUT2D eigenvalue weighted by Gasteiger charge is 2.60. The SMILES string of the molecule is COC(C)(C)CN1C(=O)C2(CC2)NC1c1cccs1. The maximum Gasteiger partial charge on any atom is 0.244 e. The molecule has 0 aromatic carbocycles. The minimum atomic E-state index is -0.326. The number of amides is 1. The number of hydrogen-bond acceptors (Lipinski definition) is 4. The van der Waals surface area contributed by atoms with Crippen molar-refractivity contribution in [3.63, 3.8) is 0 Å². The second-order valence-electron chi connectivity index (χ2n) is 6.04. The van der Waals surface area contributed by atoms with Crippen molar-refractivity contribution in [1.82, 2.24) is 10.2 Å². The van der Waals surface area contributed by atoms with Crippen LogP contribution >= 0.6 is 11.3 Å². The summed E-state index contributed by atoms with van der Waals surface area (Å²) < 4.78 is 5.48. The lowest BCUT2D eigenvalue weighted by atomic mass is 10.1. The van der Waals surface area contributed by atoms with Gasteiger partial charge in [-0.05, 0) is 38.1 Å². The molecule has 1 saturated heterocycles. The molecule has 19 heavy (non-hydrogen) atoms. The largest absolute Gasteiger partial charge is 0.377 e. The molecule has 4 nitrogen and oxygen atoms in total. The van der Waals surface area contributed by atoms with Gasteiger partial charge in [-0.3, -0.25) is 10.1 Å². The van der Waals surface area contributed by atoms with Crippen molar-refractivity contribution in [2.75, 3.05) is 13.7 Å². The Bertz CT molecular complexity index is 480. The summed E-state index contributed by atoms with van der Waals surface area (Å²) in [5.74, 6) is 0.232. The van der Waals surface area contributed by atoms with E-state index in [2.05, 4.69) is 16.8 Å². The zero-order valence-electron chi connectivity index (χ0n) is 11.6. The third kappa shape index (κ3) is 2.20. The Morgan fingerprint density at radius 3 is 2.84 bits per heavy atom. The molecule has 1 amide bonds. The smallest absolute Gasteiger partial charge is 0.244 e. The Morgan fingerprint density at radius 1 is 1.58 bits per heavy atom. The molecule has 1 saturated carbocycles. The molecular weight excluding hydrogens is 260 g/mol. The van der Waals surface area contributed by atoms with E-state index >= 15 is 0 Å². The average molecular weight is 280 g/mol. The predicted octanol–water partition coefficient (Wildman–Crippen LogP) is 2.14. The highest BCUT2D eigenvalue weighted by molar-refractivity contribution is 7.10. The van der Waals surface area contributed by atoms with E-state index < -0.39 is 0 Å². The Hall–Kier alpha value is -0.910. The van der Waals surface area contributed by atoms with Crippen LogP contribution in [0.5, 0.6) is 0 Å². The van der Waals surface area contributed by atoms with Crippen LogP contribution in [0.2, 0.25) is 0 Å². The molecule has 1 aliphatic heterocycles. The third-order valence-corrected chi connectivity index (χ3v) is 4.99. The van der Waals surface area contributed by atoms with Gasteiger partial charge in [-0.25, -0.2) is 0 Å². The lowest BCUT2D eigenvalue weighted by Crippen LogP contribution is -2.43. The van der Waals surface area contributed by atoms with Crippen LogP contribution in [-0.2, 0) is 9.53 Å². The summed E-state index contributed by atoms with van der Waals surface area (Å²) >= 11 is 1.69. The number of ether oxygens (including phenoxy) is 1. The van der Waals surface area contributed by atoms with Crippen LogP contribution < -0.4 is 5.32 Å². The van der Waals surface area contributed by atoms with Crippen LogP contribution in [0.25, 0.3) is 0 Å². The summed E-state index contributed by atoms with van der Waals surface area (Å²) in [5, 5.41) is 5.58. The molecular formula is C14H20N2O2S. The van der Waals surface area contributed by atoms with Crippen LogP contribution in [0.1, 0.15) is 37.7 Å². The Kier molecular flexibility index (Phi) is 2.96. The summed E-state index contributed by atoms with van der Waals surface area (Å²) in [6.45, 7) is 4.65. The van der Waals surface area contributed by atoms with Gasteiger partial charge in [-0.2, -0.15) is 0 Å². The van der Waals surface area contributed by atoms with Crippen molar-refractivity contribution in [1.29, 1.82) is 0 Å². The fourth-order valence-electron chi connectivity index (χ4n) is 2.59. The van der Waals surface area contributed by atoms with Gasteiger partial charge >= 0.3 is 0 Å². The van der Waals surface area contributed by atoms with Crippen molar-refractivity contribution >= 4 is 17.2 Å². The first-order valence-corrected chi connectivity index (χ1v) is 7.53. The number of thiophene rings is 1. The lowest BCUT2D eigenvalue weighted by molar-refractivity contribution is -0.134. The number of rotatable bonds is 4. The molecule has 104 valence electrons. The maximum atomic E-state index is 12.6. The number of nitrogens with zero attached hydrogens (tertiary/aromatic N) is 1. The van der Waals surface area contributed by atoms with E-state index in [1.165, 1.54) is 4.88 Å². The van der Waals surface area contributed by atoms with Gasteiger partial charge < -0.3 is 9.64 Å². The number of carbonyl (C=O) groups is 1. The quantitative estimate of drug-likeness (QED) is 0.918. The standard InChI is InChI=1S/C14H20N2O2S/c1-13(2,18-3)9-16-11(10-5-4-8-19-10)15-14(6-7-14)12(16)17/h4-5,8,11,15H,6-7,9H2,1-3H3. The fraction of sp³-hybridized carbons (Fsp3) is 0.643. The van der Waals surface area contributed by atoms with Gasteiger partial charge in [-0.15, -0.1) is 11.3 Å². The first-order valence-electron chi connectivity index (χ1n) is 6.65. The molecule has 2 aliphatic rings. The van der Waals surface area contributed by atoms with Crippen LogP contribution in [0.3, 0.4) is 0 Å². The maximum absolute atomic E-state index is 12.6. The van der Waals surface area contributed by atoms with Gasteiger partial charge in [-0.1, -0.05) is 6.07 Å². The van der Waals surface area contributed by atoms with Crippen molar-refractivity contribution in [3.8, 4) is 0 Å². The van der Waals surface area contributed by atoms with Crippen molar-refractivity contribution < 1.29 is 9.53 Å². The fourth-order valence-corrected chi connectivity index (χ4v) is 3.37. The third-order valence-electron chi connectivity index (χ3n) is 4.06. The molecule has 1 aromatic rings. The molecule has 1 spiro atoms. The molecule has 1 aromatic heterocycles. The molecule has 1 aliphatic carbocycles. The minimum absolute atomic E-state index is 0.00410. The number of nitrogens with one attached hydrogen (secondary N) is 1. The van der Waals surface area contributed by atoms with Gasteiger partial charge in [0, 0.05) is 12.0 Å². The first-order chi connectivity index (χ1) is 8.97. The summed E-state index contributed by atoms with van der Waals surface area (Å²) in [7, 11) is 1.70. The minimum Gasteiger partial charge on any atom is -0.377 e. The molecule has 3 rings (SSSR count). The van der Waals surface area contributed by atoms with E-state index in [1.54, 1.807) is 18.4 Å². The molecule has 0 bridgehead atoms. The second-order valence-corrected chi connectivity index (χ2v) is 7.02. The summed E-state index contributed by atoms with van der Waals surface area (Å²) in [5.41, 5.74) is -0.605. The van der Waals surface area contributed by atoms with E-state index in [-0.39, 0.29) is 23.2 Å². The Balaban J connectivity index is 1.87. The van der Waals surface area contributed by atoms with Gasteiger partial charge in [0.25, 0.3) is 0 Å². The van der Waals surface area contributed by atoms with Gasteiger partial charge in [0.2, 0.25) is 5.91 Å². The number of carbonyl (C=O) groups excluding carboxylic acids is 1. The topological polar surface area (TPSA) is 41.6 Å². The number of methoxy groups -OCH3 is 1. The molecule has 1 unspecified atom stereocenters. The Labute approximate surface area is 117 Å². The van der Waals surface area contributed by atoms with Crippen LogP contribution in [0.15, 0.2) is 17.5 Å². The normalized spacial score (nSPS) is 25.3. The predicted molar refractivity (Wildman–Crippen MR) is 75.0 cm³/mol. The molecule has 1 atom stereocenters. The zero-order valence-corrected chi connectivity index (χ0v) is 12.4. The molecule has 0 radical (unpaired) electrons. The van der Waals surface area contributed by atoms with E-state index in [4.69, 9.17) is 4.74 Å². The average Bonchev–Trinajstić information content (AvgIpc) is 2.86. The van der Waals surface area contributed by atoms with Gasteiger partial charge in [0.15, 0.2) is 0 Å². The highest BCUT2D eigenvalue weighted by Crippen LogP contribution is 2.47. The highest BCUT2D eigenvalue weighted by atomic mass is 32.1. The molecule has 2 fully saturated rings. The van der Waals surface area contributed by atoms with Crippen molar-refractivity contribution in [2.45, 2.75) is 44.0 Å². The summed E-state index contributed by atoms with van der Waals surface area (Å²) in [6.07, 6.45) is 1.92. The molecule has 5 heteroatoms. The molecule has 1 N–H and O–H groups in total. The van der Waals surface area contributed by atoms with Crippen molar-refractivity contribution in [3.05, 3.63) is 22.4 Å². The monoisotopic (exact) mass is 280 g/mol. The van der Waals surface area contributed by atoms with E-state index in [0.717, 1.165) is 12.8 Å². The lowest BCUT2D eigenvalue weighted by Gasteiger charge is -2.32. The second kappa shape index (κ2) is 4.30. The summed E-state index contributed by atoms with van der Waals surface area (Å²) in [4.78, 5) is 15.7. The van der Waals surface area contributed by atoms with Gasteiger partial charge in [0.1, 0.15) is 11.7 Å². The zero-order chi connectivity index (χ0) is 13.7. The van der Waals surface area contributed by atoms with E-state index in [0.29, 0.717) is 6.54 Å². The van der Waals surface area contributed by atoms with E-state index in [9.17, 15) is 4.79 Å². The van der Waals surface area contributed by atoms with E-state index in [1.807, 2.05) is 24.8 Å². The van der Waals surface area contributed by atoms with Crippen LogP contribution in [0.4, 0.5) is 0 Å². The van der Waals surface area contributed by atoms with Gasteiger partial charge in [0.05, 0.1) is 12.1 Å².